The monoisotopic (exact) mass is 317 g/mol. The lowest BCUT2D eigenvalue weighted by molar-refractivity contribution is -0.173. The van der Waals surface area contributed by atoms with Crippen LogP contribution in [0.1, 0.15) is 5.56 Å². The van der Waals surface area contributed by atoms with Gasteiger partial charge in [0, 0.05) is 23.7 Å². The molecule has 0 amide bonds. The first-order valence-electron chi connectivity index (χ1n) is 5.31. The van der Waals surface area contributed by atoms with Crippen LogP contribution in [-0.2, 0) is 11.3 Å². The normalized spacial score (nSPS) is 11.8. The van der Waals surface area contributed by atoms with Gasteiger partial charge in [0.25, 0.3) is 0 Å². The highest BCUT2D eigenvalue weighted by Crippen LogP contribution is 2.30. The molecule has 0 unspecified atom stereocenters. The fourth-order valence-corrected chi connectivity index (χ4v) is 1.84. The number of rotatable bonds is 6. The van der Waals surface area contributed by atoms with E-state index in [-0.39, 0.29) is 30.5 Å². The molecular formula is C11H12Cl2F3NO2. The van der Waals surface area contributed by atoms with E-state index in [1.807, 2.05) is 0 Å². The first-order chi connectivity index (χ1) is 8.79. The van der Waals surface area contributed by atoms with Gasteiger partial charge < -0.3 is 15.2 Å². The Morgan fingerprint density at radius 1 is 1.26 bits per heavy atom. The Labute approximate surface area is 118 Å². The van der Waals surface area contributed by atoms with Crippen molar-refractivity contribution in [2.24, 2.45) is 0 Å². The van der Waals surface area contributed by atoms with Crippen molar-refractivity contribution in [2.45, 2.75) is 12.7 Å². The second-order valence-corrected chi connectivity index (χ2v) is 4.58. The van der Waals surface area contributed by atoms with Gasteiger partial charge in [-0.25, -0.2) is 0 Å². The molecule has 3 nitrogen and oxygen atoms in total. The SMILES string of the molecule is Oc1c(Cl)cc(Cl)cc1CNCCOCC(F)(F)F. The molecule has 0 bridgehead atoms. The van der Waals surface area contributed by atoms with Crippen LogP contribution < -0.4 is 5.32 Å². The molecule has 0 saturated heterocycles. The second-order valence-electron chi connectivity index (χ2n) is 3.74. The van der Waals surface area contributed by atoms with E-state index >= 15 is 0 Å². The van der Waals surface area contributed by atoms with Crippen LogP contribution in [0.2, 0.25) is 10.0 Å². The van der Waals surface area contributed by atoms with Gasteiger partial charge in [-0.2, -0.15) is 13.2 Å². The number of hydrogen-bond acceptors (Lipinski definition) is 3. The summed E-state index contributed by atoms with van der Waals surface area (Å²) in [5, 5.41) is 12.9. The predicted molar refractivity (Wildman–Crippen MR) is 66.7 cm³/mol. The molecule has 0 aliphatic carbocycles. The van der Waals surface area contributed by atoms with Gasteiger partial charge in [0.05, 0.1) is 11.6 Å². The fourth-order valence-electron chi connectivity index (χ4n) is 1.31. The molecule has 19 heavy (non-hydrogen) atoms. The quantitative estimate of drug-likeness (QED) is 0.790. The average molecular weight is 318 g/mol. The van der Waals surface area contributed by atoms with E-state index in [1.54, 1.807) is 0 Å². The maximum Gasteiger partial charge on any atom is 0.411 e. The van der Waals surface area contributed by atoms with E-state index in [0.29, 0.717) is 10.6 Å². The lowest BCUT2D eigenvalue weighted by atomic mass is 10.2. The summed E-state index contributed by atoms with van der Waals surface area (Å²) in [4.78, 5) is 0. The average Bonchev–Trinajstić information content (AvgIpc) is 2.28. The topological polar surface area (TPSA) is 41.5 Å². The molecule has 0 saturated carbocycles. The van der Waals surface area contributed by atoms with Gasteiger partial charge in [-0.1, -0.05) is 23.2 Å². The van der Waals surface area contributed by atoms with Crippen LogP contribution >= 0.6 is 23.2 Å². The molecule has 0 heterocycles. The van der Waals surface area contributed by atoms with Gasteiger partial charge in [0.1, 0.15) is 12.4 Å². The molecule has 2 N–H and O–H groups in total. The molecule has 0 atom stereocenters. The summed E-state index contributed by atoms with van der Waals surface area (Å²) in [5.41, 5.74) is 0.466. The molecule has 0 fully saturated rings. The smallest absolute Gasteiger partial charge is 0.411 e. The highest BCUT2D eigenvalue weighted by atomic mass is 35.5. The number of phenols is 1. The standard InChI is InChI=1S/C11H12Cl2F3NO2/c12-8-3-7(10(18)9(13)4-8)5-17-1-2-19-6-11(14,15)16/h3-4,17-18H,1-2,5-6H2. The number of benzene rings is 1. The van der Waals surface area contributed by atoms with Crippen molar-refractivity contribution in [3.63, 3.8) is 0 Å². The van der Waals surface area contributed by atoms with Crippen molar-refractivity contribution in [1.29, 1.82) is 0 Å². The van der Waals surface area contributed by atoms with Crippen LogP contribution in [0.4, 0.5) is 13.2 Å². The third-order valence-corrected chi connectivity index (χ3v) is 2.62. The summed E-state index contributed by atoms with van der Waals surface area (Å²) in [6, 6.07) is 2.92. The lowest BCUT2D eigenvalue weighted by Crippen LogP contribution is -2.23. The van der Waals surface area contributed by atoms with Crippen molar-refractivity contribution >= 4 is 23.2 Å². The highest BCUT2D eigenvalue weighted by molar-refractivity contribution is 6.35. The molecule has 0 aliphatic heterocycles. The number of aromatic hydroxyl groups is 1. The number of phenolic OH excluding ortho intramolecular Hbond substituents is 1. The zero-order valence-corrected chi connectivity index (χ0v) is 11.2. The zero-order chi connectivity index (χ0) is 14.5. The Morgan fingerprint density at radius 3 is 2.58 bits per heavy atom. The molecule has 0 aromatic heterocycles. The van der Waals surface area contributed by atoms with Crippen molar-refractivity contribution in [3.8, 4) is 5.75 Å². The Hall–Kier alpha value is -0.690. The highest BCUT2D eigenvalue weighted by Gasteiger charge is 2.27. The van der Waals surface area contributed by atoms with Crippen LogP contribution in [0.5, 0.6) is 5.75 Å². The zero-order valence-electron chi connectivity index (χ0n) is 9.73. The minimum atomic E-state index is -4.32. The summed E-state index contributed by atoms with van der Waals surface area (Å²) < 4.78 is 39.7. The largest absolute Gasteiger partial charge is 0.506 e. The van der Waals surface area contributed by atoms with E-state index in [1.165, 1.54) is 12.1 Å². The third kappa shape index (κ3) is 6.33. The summed E-state index contributed by atoms with van der Waals surface area (Å²) >= 11 is 11.5. The lowest BCUT2D eigenvalue weighted by Gasteiger charge is -2.10. The van der Waals surface area contributed by atoms with E-state index < -0.39 is 12.8 Å². The third-order valence-electron chi connectivity index (χ3n) is 2.11. The fraction of sp³-hybridized carbons (Fsp3) is 0.455. The number of ether oxygens (including phenoxy) is 1. The Kier molecular flexibility index (Phi) is 6.19. The molecule has 0 aliphatic rings. The van der Waals surface area contributed by atoms with Crippen molar-refractivity contribution in [3.05, 3.63) is 27.7 Å². The summed E-state index contributed by atoms with van der Waals surface area (Å²) in [7, 11) is 0. The summed E-state index contributed by atoms with van der Waals surface area (Å²) in [6.07, 6.45) is -4.32. The van der Waals surface area contributed by atoms with Gasteiger partial charge in [-0.15, -0.1) is 0 Å². The van der Waals surface area contributed by atoms with Crippen LogP contribution in [0.25, 0.3) is 0 Å². The van der Waals surface area contributed by atoms with Crippen LogP contribution in [-0.4, -0.2) is 31.0 Å². The Morgan fingerprint density at radius 2 is 1.95 bits per heavy atom. The number of hydrogen-bond donors (Lipinski definition) is 2. The van der Waals surface area contributed by atoms with Gasteiger partial charge in [-0.05, 0) is 12.1 Å². The maximum atomic E-state index is 11.8. The van der Waals surface area contributed by atoms with Crippen LogP contribution in [0.15, 0.2) is 12.1 Å². The molecule has 108 valence electrons. The molecule has 0 radical (unpaired) electrons. The van der Waals surface area contributed by atoms with Crippen LogP contribution in [0, 0.1) is 0 Å². The maximum absolute atomic E-state index is 11.8. The van der Waals surface area contributed by atoms with Gasteiger partial charge in [0.15, 0.2) is 0 Å². The van der Waals surface area contributed by atoms with Gasteiger partial charge >= 0.3 is 6.18 Å². The molecule has 1 rings (SSSR count). The Bertz CT molecular complexity index is 427. The Balaban J connectivity index is 2.30. The van der Waals surface area contributed by atoms with Gasteiger partial charge in [0.2, 0.25) is 0 Å². The first kappa shape index (κ1) is 16.4. The van der Waals surface area contributed by atoms with E-state index in [9.17, 15) is 18.3 Å². The van der Waals surface area contributed by atoms with E-state index in [0.717, 1.165) is 0 Å². The predicted octanol–water partition coefficient (Wildman–Crippen LogP) is 3.37. The number of halogens is 5. The molecule has 8 heteroatoms. The number of alkyl halides is 3. The molecule has 1 aromatic carbocycles. The summed E-state index contributed by atoms with van der Waals surface area (Å²) in [5.74, 6) is -0.102. The van der Waals surface area contributed by atoms with Crippen LogP contribution in [0.3, 0.4) is 0 Å². The summed E-state index contributed by atoms with van der Waals surface area (Å²) in [6.45, 7) is -0.932. The van der Waals surface area contributed by atoms with Gasteiger partial charge in [-0.3, -0.25) is 0 Å². The molecule has 0 spiro atoms. The van der Waals surface area contributed by atoms with Crippen molar-refractivity contribution in [2.75, 3.05) is 19.8 Å². The van der Waals surface area contributed by atoms with Crippen molar-refractivity contribution < 1.29 is 23.0 Å². The molecule has 1 aromatic rings. The first-order valence-corrected chi connectivity index (χ1v) is 6.07. The van der Waals surface area contributed by atoms with E-state index in [2.05, 4.69) is 10.1 Å². The minimum Gasteiger partial charge on any atom is -0.506 e. The van der Waals surface area contributed by atoms with E-state index in [4.69, 9.17) is 23.2 Å². The minimum absolute atomic E-state index is 0.0887. The second kappa shape index (κ2) is 7.19. The van der Waals surface area contributed by atoms with Crippen molar-refractivity contribution in [1.82, 2.24) is 5.32 Å². The number of nitrogens with one attached hydrogen (secondary N) is 1. The molecular weight excluding hydrogens is 306 g/mol.